The lowest BCUT2D eigenvalue weighted by atomic mass is 10.3. The molecule has 0 bridgehead atoms. The van der Waals surface area contributed by atoms with Gasteiger partial charge in [-0.25, -0.2) is 14.8 Å². The smallest absolute Gasteiger partial charge is 0.328 e. The number of hydrogen-bond donors (Lipinski definition) is 2. The third kappa shape index (κ3) is 4.24. The van der Waals surface area contributed by atoms with Crippen molar-refractivity contribution in [3.8, 4) is 0 Å². The molecule has 0 aliphatic rings. The molecule has 6 heteroatoms. The number of aryl methyl sites for hydroxylation is 1. The molecule has 2 aromatic heterocycles. The molecule has 0 aromatic carbocycles. The van der Waals surface area contributed by atoms with Gasteiger partial charge in [0.15, 0.2) is 0 Å². The van der Waals surface area contributed by atoms with Gasteiger partial charge in [0.05, 0.1) is 5.69 Å². The molecule has 2 rings (SSSR count). The maximum Gasteiger partial charge on any atom is 0.328 e. The first-order valence-electron chi connectivity index (χ1n) is 6.17. The Labute approximate surface area is 121 Å². The van der Waals surface area contributed by atoms with E-state index in [9.17, 15) is 9.59 Å². The number of carboxylic acid groups (broad SMARTS) is 1. The van der Waals surface area contributed by atoms with Crippen LogP contribution in [0.25, 0.3) is 6.08 Å². The summed E-state index contributed by atoms with van der Waals surface area (Å²) in [6.07, 6.45) is 2.33. The van der Waals surface area contributed by atoms with Crippen molar-refractivity contribution in [1.29, 1.82) is 0 Å². The van der Waals surface area contributed by atoms with Crippen LogP contribution in [0.1, 0.15) is 21.9 Å². The van der Waals surface area contributed by atoms with Gasteiger partial charge in [-0.1, -0.05) is 12.1 Å². The summed E-state index contributed by atoms with van der Waals surface area (Å²) >= 11 is 0. The Balaban J connectivity index is 2.14. The Morgan fingerprint density at radius 3 is 2.62 bits per heavy atom. The Kier molecular flexibility index (Phi) is 4.40. The largest absolute Gasteiger partial charge is 0.478 e. The molecule has 106 valence electrons. The van der Waals surface area contributed by atoms with Crippen molar-refractivity contribution in [2.45, 2.75) is 6.92 Å². The predicted octanol–water partition coefficient (Wildman–Crippen LogP) is 2.14. The number of hydrogen-bond acceptors (Lipinski definition) is 4. The quantitative estimate of drug-likeness (QED) is 0.839. The third-order valence-corrected chi connectivity index (χ3v) is 2.53. The van der Waals surface area contributed by atoms with Crippen LogP contribution in [0, 0.1) is 6.92 Å². The number of anilines is 1. The lowest BCUT2D eigenvalue weighted by Crippen LogP contribution is -2.15. The average Bonchev–Trinajstić information content (AvgIpc) is 2.45. The first-order chi connectivity index (χ1) is 10.0. The van der Waals surface area contributed by atoms with Gasteiger partial charge < -0.3 is 10.4 Å². The molecule has 2 N–H and O–H groups in total. The molecule has 0 aliphatic heterocycles. The van der Waals surface area contributed by atoms with Crippen LogP contribution in [-0.4, -0.2) is 27.0 Å². The van der Waals surface area contributed by atoms with Gasteiger partial charge in [0, 0.05) is 11.8 Å². The molecule has 0 aliphatic carbocycles. The highest BCUT2D eigenvalue weighted by Crippen LogP contribution is 2.08. The molecule has 0 saturated heterocycles. The van der Waals surface area contributed by atoms with E-state index in [1.165, 1.54) is 6.08 Å². The molecule has 6 nitrogen and oxygen atoms in total. The molecule has 0 fully saturated rings. The standard InChI is InChI=1S/C15H13N3O3/c1-10-4-2-6-12(16-10)15(21)18-13-7-3-5-11(17-13)8-9-14(19)20/h2-9H,1H3,(H,19,20)(H,17,18,21). The number of amides is 1. The lowest BCUT2D eigenvalue weighted by Gasteiger charge is -2.05. The summed E-state index contributed by atoms with van der Waals surface area (Å²) in [5, 5.41) is 11.2. The number of aromatic nitrogens is 2. The second kappa shape index (κ2) is 6.42. The van der Waals surface area contributed by atoms with Crippen LogP contribution in [0.3, 0.4) is 0 Å². The molecular formula is C15H13N3O3. The zero-order chi connectivity index (χ0) is 15.2. The number of nitrogens with zero attached hydrogens (tertiary/aromatic N) is 2. The normalized spacial score (nSPS) is 10.5. The van der Waals surface area contributed by atoms with Crippen molar-refractivity contribution < 1.29 is 14.7 Å². The average molecular weight is 283 g/mol. The zero-order valence-electron chi connectivity index (χ0n) is 11.3. The molecule has 0 saturated carbocycles. The van der Waals surface area contributed by atoms with Crippen molar-refractivity contribution in [2.24, 2.45) is 0 Å². The Hall–Kier alpha value is -3.02. The summed E-state index contributed by atoms with van der Waals surface area (Å²) in [6.45, 7) is 1.80. The maximum absolute atomic E-state index is 12.0. The van der Waals surface area contributed by atoms with Crippen molar-refractivity contribution >= 4 is 23.8 Å². The van der Waals surface area contributed by atoms with Crippen LogP contribution in [-0.2, 0) is 4.79 Å². The van der Waals surface area contributed by atoms with Gasteiger partial charge in [0.1, 0.15) is 11.5 Å². The molecule has 2 aromatic rings. The number of aliphatic carboxylic acids is 1. The topological polar surface area (TPSA) is 92.2 Å². The SMILES string of the molecule is Cc1cccc(C(=O)Nc2cccc(C=CC(=O)O)n2)n1. The lowest BCUT2D eigenvalue weighted by molar-refractivity contribution is -0.131. The summed E-state index contributed by atoms with van der Waals surface area (Å²) in [5.41, 5.74) is 1.48. The summed E-state index contributed by atoms with van der Waals surface area (Å²) in [5.74, 6) is -1.10. The van der Waals surface area contributed by atoms with E-state index in [2.05, 4.69) is 15.3 Å². The minimum atomic E-state index is -1.06. The Morgan fingerprint density at radius 2 is 1.90 bits per heavy atom. The van der Waals surface area contributed by atoms with E-state index < -0.39 is 5.97 Å². The van der Waals surface area contributed by atoms with E-state index >= 15 is 0 Å². The second-order valence-corrected chi connectivity index (χ2v) is 4.24. The molecule has 0 radical (unpaired) electrons. The first-order valence-corrected chi connectivity index (χ1v) is 6.17. The fraction of sp³-hybridized carbons (Fsp3) is 0.0667. The van der Waals surface area contributed by atoms with Gasteiger partial charge in [-0.05, 0) is 37.3 Å². The van der Waals surface area contributed by atoms with E-state index in [4.69, 9.17) is 5.11 Å². The van der Waals surface area contributed by atoms with Gasteiger partial charge in [-0.2, -0.15) is 0 Å². The highest BCUT2D eigenvalue weighted by atomic mass is 16.4. The van der Waals surface area contributed by atoms with Gasteiger partial charge in [-0.15, -0.1) is 0 Å². The number of rotatable bonds is 4. The summed E-state index contributed by atoms with van der Waals surface area (Å²) in [7, 11) is 0. The van der Waals surface area contributed by atoms with Crippen LogP contribution in [0.4, 0.5) is 5.82 Å². The highest BCUT2D eigenvalue weighted by molar-refractivity contribution is 6.02. The van der Waals surface area contributed by atoms with E-state index in [1.807, 2.05) is 0 Å². The Morgan fingerprint density at radius 1 is 1.14 bits per heavy atom. The van der Waals surface area contributed by atoms with Crippen molar-refractivity contribution in [1.82, 2.24) is 9.97 Å². The van der Waals surface area contributed by atoms with Crippen molar-refractivity contribution in [3.05, 3.63) is 59.6 Å². The molecule has 1 amide bonds. The molecule has 2 heterocycles. The predicted molar refractivity (Wildman–Crippen MR) is 77.8 cm³/mol. The van der Waals surface area contributed by atoms with E-state index in [1.54, 1.807) is 43.3 Å². The van der Waals surface area contributed by atoms with Crippen LogP contribution in [0.2, 0.25) is 0 Å². The van der Waals surface area contributed by atoms with Gasteiger partial charge >= 0.3 is 5.97 Å². The molecule has 0 unspecified atom stereocenters. The van der Waals surface area contributed by atoms with Crippen LogP contribution in [0.15, 0.2) is 42.5 Å². The molecular weight excluding hydrogens is 270 g/mol. The summed E-state index contributed by atoms with van der Waals surface area (Å²) in [6, 6.07) is 10.1. The number of pyridine rings is 2. The first kappa shape index (κ1) is 14.4. The van der Waals surface area contributed by atoms with Crippen LogP contribution < -0.4 is 5.32 Å². The van der Waals surface area contributed by atoms with Gasteiger partial charge in [0.25, 0.3) is 5.91 Å². The Bertz CT molecular complexity index is 711. The fourth-order valence-electron chi connectivity index (χ4n) is 1.62. The van der Waals surface area contributed by atoms with Crippen molar-refractivity contribution in [3.63, 3.8) is 0 Å². The van der Waals surface area contributed by atoms with E-state index in [-0.39, 0.29) is 5.91 Å². The minimum Gasteiger partial charge on any atom is -0.478 e. The van der Waals surface area contributed by atoms with Gasteiger partial charge in [-0.3, -0.25) is 4.79 Å². The monoisotopic (exact) mass is 283 g/mol. The number of carbonyl (C=O) groups is 2. The fourth-order valence-corrected chi connectivity index (χ4v) is 1.62. The summed E-state index contributed by atoms with van der Waals surface area (Å²) in [4.78, 5) is 30.7. The number of carbonyl (C=O) groups excluding carboxylic acids is 1. The van der Waals surface area contributed by atoms with Crippen LogP contribution >= 0.6 is 0 Å². The molecule has 0 spiro atoms. The second-order valence-electron chi connectivity index (χ2n) is 4.24. The van der Waals surface area contributed by atoms with E-state index in [0.29, 0.717) is 17.2 Å². The third-order valence-electron chi connectivity index (χ3n) is 2.53. The van der Waals surface area contributed by atoms with Crippen molar-refractivity contribution in [2.75, 3.05) is 5.32 Å². The molecule has 0 atom stereocenters. The molecule has 21 heavy (non-hydrogen) atoms. The van der Waals surface area contributed by atoms with Crippen LogP contribution in [0.5, 0.6) is 0 Å². The highest BCUT2D eigenvalue weighted by Gasteiger charge is 2.08. The van der Waals surface area contributed by atoms with E-state index in [0.717, 1.165) is 11.8 Å². The zero-order valence-corrected chi connectivity index (χ0v) is 11.3. The number of carboxylic acids is 1. The summed E-state index contributed by atoms with van der Waals surface area (Å²) < 4.78 is 0. The maximum atomic E-state index is 12.0. The number of nitrogens with one attached hydrogen (secondary N) is 1. The minimum absolute atomic E-state index is 0.295. The van der Waals surface area contributed by atoms with Gasteiger partial charge in [0.2, 0.25) is 0 Å².